The molecule has 1 aliphatic rings. The Hall–Kier alpha value is -1.70. The van der Waals surface area contributed by atoms with Crippen molar-refractivity contribution in [1.82, 2.24) is 14.3 Å². The van der Waals surface area contributed by atoms with Crippen LogP contribution in [-0.2, 0) is 29.9 Å². The Morgan fingerprint density at radius 2 is 1.95 bits per heavy atom. The molecule has 1 aromatic carbocycles. The Kier molecular flexibility index (Phi) is 3.35. The smallest absolute Gasteiger partial charge is 0.259 e. The summed E-state index contributed by atoms with van der Waals surface area (Å²) in [5.74, 6) is 0. The van der Waals surface area contributed by atoms with Gasteiger partial charge in [0, 0.05) is 32.6 Å². The number of sulfonamides is 1. The second-order valence-electron chi connectivity index (χ2n) is 5.55. The summed E-state index contributed by atoms with van der Waals surface area (Å²) >= 11 is 0. The molecule has 6 nitrogen and oxygen atoms in total. The van der Waals surface area contributed by atoms with Crippen LogP contribution in [0.1, 0.15) is 11.1 Å². The maximum absolute atomic E-state index is 12.1. The number of aromatic nitrogens is 2. The van der Waals surface area contributed by atoms with Crippen molar-refractivity contribution in [3.63, 3.8) is 0 Å². The zero-order valence-electron chi connectivity index (χ0n) is 11.7. The van der Waals surface area contributed by atoms with Crippen LogP contribution in [0.15, 0.2) is 41.8 Å². The minimum atomic E-state index is -3.69. The molecule has 0 atom stereocenters. The fourth-order valence-corrected chi connectivity index (χ4v) is 3.73. The first-order chi connectivity index (χ1) is 9.88. The van der Waals surface area contributed by atoms with E-state index in [-0.39, 0.29) is 11.6 Å². The molecule has 3 rings (SSSR count). The molecule has 1 aliphatic carbocycles. The van der Waals surface area contributed by atoms with Crippen molar-refractivity contribution in [3.8, 4) is 0 Å². The van der Waals surface area contributed by atoms with E-state index < -0.39 is 15.6 Å². The molecule has 0 aliphatic heterocycles. The van der Waals surface area contributed by atoms with E-state index >= 15 is 0 Å². The third-order valence-electron chi connectivity index (χ3n) is 3.71. The zero-order chi connectivity index (χ0) is 15.1. The lowest BCUT2D eigenvalue weighted by Gasteiger charge is -2.22. The fourth-order valence-electron chi connectivity index (χ4n) is 2.63. The number of aliphatic hydroxyl groups is 1. The molecule has 0 saturated carbocycles. The minimum Gasteiger partial charge on any atom is -0.388 e. The molecular formula is C14H17N3O3S. The molecule has 2 aromatic rings. The number of fused-ring (bicyclic) bond motifs is 1. The van der Waals surface area contributed by atoms with Crippen LogP contribution < -0.4 is 4.72 Å². The first-order valence-corrected chi connectivity index (χ1v) is 8.13. The van der Waals surface area contributed by atoms with Crippen LogP contribution in [0.5, 0.6) is 0 Å². The fraction of sp³-hybridized carbons (Fsp3) is 0.357. The number of nitrogens with zero attached hydrogens (tertiary/aromatic N) is 2. The maximum atomic E-state index is 12.1. The molecule has 21 heavy (non-hydrogen) atoms. The van der Waals surface area contributed by atoms with Crippen molar-refractivity contribution in [1.29, 1.82) is 0 Å². The summed E-state index contributed by atoms with van der Waals surface area (Å²) in [6, 6.07) is 7.76. The molecule has 112 valence electrons. The second-order valence-corrected chi connectivity index (χ2v) is 7.26. The highest BCUT2D eigenvalue weighted by Gasteiger charge is 2.36. The number of hydrogen-bond donors (Lipinski definition) is 2. The number of benzene rings is 1. The molecule has 1 aromatic heterocycles. The molecule has 0 bridgehead atoms. The largest absolute Gasteiger partial charge is 0.388 e. The average Bonchev–Trinajstić information content (AvgIpc) is 3.00. The van der Waals surface area contributed by atoms with E-state index in [1.165, 1.54) is 12.5 Å². The quantitative estimate of drug-likeness (QED) is 0.847. The van der Waals surface area contributed by atoms with Crippen molar-refractivity contribution in [2.45, 2.75) is 23.5 Å². The predicted molar refractivity (Wildman–Crippen MR) is 77.2 cm³/mol. The summed E-state index contributed by atoms with van der Waals surface area (Å²) in [4.78, 5) is 3.83. The van der Waals surface area contributed by atoms with E-state index in [9.17, 15) is 13.5 Å². The summed E-state index contributed by atoms with van der Waals surface area (Å²) in [7, 11) is -1.99. The third kappa shape index (κ3) is 2.85. The molecule has 0 radical (unpaired) electrons. The van der Waals surface area contributed by atoms with Crippen molar-refractivity contribution >= 4 is 10.0 Å². The monoisotopic (exact) mass is 307 g/mol. The molecule has 0 fully saturated rings. The molecular weight excluding hydrogens is 290 g/mol. The highest BCUT2D eigenvalue weighted by Crippen LogP contribution is 2.29. The molecule has 0 spiro atoms. The molecule has 2 N–H and O–H groups in total. The van der Waals surface area contributed by atoms with Gasteiger partial charge in [-0.25, -0.2) is 18.1 Å². The Morgan fingerprint density at radius 1 is 1.33 bits per heavy atom. The van der Waals surface area contributed by atoms with Gasteiger partial charge < -0.3 is 9.67 Å². The summed E-state index contributed by atoms with van der Waals surface area (Å²) in [6.45, 7) is -0.0272. The molecule has 0 amide bonds. The first-order valence-electron chi connectivity index (χ1n) is 6.65. The molecule has 0 unspecified atom stereocenters. The van der Waals surface area contributed by atoms with E-state index in [1.54, 1.807) is 11.6 Å². The number of aryl methyl sites for hydroxylation is 1. The lowest BCUT2D eigenvalue weighted by Crippen LogP contribution is -2.43. The summed E-state index contributed by atoms with van der Waals surface area (Å²) < 4.78 is 28.3. The van der Waals surface area contributed by atoms with Gasteiger partial charge in [0.1, 0.15) is 0 Å². The molecule has 0 saturated heterocycles. The Bertz CT molecular complexity index is 742. The van der Waals surface area contributed by atoms with Crippen LogP contribution in [0, 0.1) is 0 Å². The van der Waals surface area contributed by atoms with Gasteiger partial charge in [-0.3, -0.25) is 0 Å². The first kappa shape index (κ1) is 14.2. The van der Waals surface area contributed by atoms with Gasteiger partial charge in [0.2, 0.25) is 0 Å². The van der Waals surface area contributed by atoms with Crippen molar-refractivity contribution < 1.29 is 13.5 Å². The summed E-state index contributed by atoms with van der Waals surface area (Å²) in [5.41, 5.74) is 1.06. The standard InChI is InChI=1S/C14H17N3O3S/c1-17-8-13(15-10-17)21(19,20)16-9-14(18)6-11-4-2-3-5-12(11)7-14/h2-5,8,10,16,18H,6-7,9H2,1H3. The number of imidazole rings is 1. The highest BCUT2D eigenvalue weighted by molar-refractivity contribution is 7.89. The van der Waals surface area contributed by atoms with E-state index in [1.807, 2.05) is 24.3 Å². The van der Waals surface area contributed by atoms with Crippen molar-refractivity contribution in [2.75, 3.05) is 6.54 Å². The maximum Gasteiger partial charge on any atom is 0.259 e. The SMILES string of the molecule is Cn1cnc(S(=O)(=O)NCC2(O)Cc3ccccc3C2)c1. The van der Waals surface area contributed by atoms with Gasteiger partial charge in [0.15, 0.2) is 5.03 Å². The van der Waals surface area contributed by atoms with Crippen LogP contribution in [0.4, 0.5) is 0 Å². The van der Waals surface area contributed by atoms with Crippen LogP contribution in [0.3, 0.4) is 0 Å². The predicted octanol–water partition coefficient (Wildman–Crippen LogP) is 0.228. The number of rotatable bonds is 4. The summed E-state index contributed by atoms with van der Waals surface area (Å²) in [5, 5.41) is 10.5. The second kappa shape index (κ2) is 4.94. The van der Waals surface area contributed by atoms with Crippen LogP contribution >= 0.6 is 0 Å². The zero-order valence-corrected chi connectivity index (χ0v) is 12.5. The lowest BCUT2D eigenvalue weighted by molar-refractivity contribution is 0.0567. The van der Waals surface area contributed by atoms with Gasteiger partial charge >= 0.3 is 0 Å². The van der Waals surface area contributed by atoms with Gasteiger partial charge in [-0.1, -0.05) is 24.3 Å². The average molecular weight is 307 g/mol. The number of hydrogen-bond acceptors (Lipinski definition) is 4. The van der Waals surface area contributed by atoms with Crippen LogP contribution in [-0.4, -0.2) is 35.2 Å². The van der Waals surface area contributed by atoms with Gasteiger partial charge in [-0.15, -0.1) is 0 Å². The van der Waals surface area contributed by atoms with E-state index in [4.69, 9.17) is 0 Å². The number of nitrogens with one attached hydrogen (secondary N) is 1. The van der Waals surface area contributed by atoms with Gasteiger partial charge in [0.05, 0.1) is 11.9 Å². The normalized spacial score (nSPS) is 16.9. The molecule has 7 heteroatoms. The van der Waals surface area contributed by atoms with Crippen molar-refractivity contribution in [3.05, 3.63) is 47.9 Å². The Balaban J connectivity index is 1.71. The van der Waals surface area contributed by atoms with E-state index in [2.05, 4.69) is 9.71 Å². The van der Waals surface area contributed by atoms with Crippen LogP contribution in [0.2, 0.25) is 0 Å². The van der Waals surface area contributed by atoms with Crippen LogP contribution in [0.25, 0.3) is 0 Å². The van der Waals surface area contributed by atoms with Gasteiger partial charge in [-0.2, -0.15) is 0 Å². The highest BCUT2D eigenvalue weighted by atomic mass is 32.2. The summed E-state index contributed by atoms with van der Waals surface area (Å²) in [6.07, 6.45) is 3.76. The van der Waals surface area contributed by atoms with E-state index in [0.29, 0.717) is 12.8 Å². The topological polar surface area (TPSA) is 84.2 Å². The van der Waals surface area contributed by atoms with E-state index in [0.717, 1.165) is 11.1 Å². The van der Waals surface area contributed by atoms with Crippen molar-refractivity contribution in [2.24, 2.45) is 7.05 Å². The Morgan fingerprint density at radius 3 is 2.48 bits per heavy atom. The lowest BCUT2D eigenvalue weighted by atomic mass is 10.0. The Labute approximate surface area is 123 Å². The third-order valence-corrected chi connectivity index (χ3v) is 4.99. The van der Waals surface area contributed by atoms with Gasteiger partial charge in [0.25, 0.3) is 10.0 Å². The van der Waals surface area contributed by atoms with Gasteiger partial charge in [-0.05, 0) is 11.1 Å². The minimum absolute atomic E-state index is 0.0272. The molecule has 1 heterocycles.